The highest BCUT2D eigenvalue weighted by molar-refractivity contribution is 8.15. The van der Waals surface area contributed by atoms with Crippen molar-refractivity contribution in [1.82, 2.24) is 0 Å². The Balaban J connectivity index is 1.57. The molecule has 21 heavy (non-hydrogen) atoms. The van der Waals surface area contributed by atoms with E-state index in [4.69, 9.17) is 0 Å². The van der Waals surface area contributed by atoms with E-state index in [2.05, 4.69) is 53.3 Å². The molecule has 0 amide bonds. The average molecular weight is 303 g/mol. The summed E-state index contributed by atoms with van der Waals surface area (Å²) in [4.78, 5) is 7.09. The molecule has 0 spiro atoms. The smallest absolute Gasteiger partial charge is 0.161 e. The molecule has 1 saturated heterocycles. The fourth-order valence-corrected chi connectivity index (χ4v) is 3.87. The maximum Gasteiger partial charge on any atom is 0.161 e. The predicted octanol–water partition coefficient (Wildman–Crippen LogP) is 4.22. The molecule has 2 aliphatic heterocycles. The van der Waals surface area contributed by atoms with Crippen LogP contribution in [0.4, 0.5) is 11.4 Å². The molecule has 114 valence electrons. The van der Waals surface area contributed by atoms with Gasteiger partial charge < -0.3 is 10.2 Å². The molecule has 0 aliphatic carbocycles. The zero-order valence-corrected chi connectivity index (χ0v) is 13.8. The average Bonchev–Trinajstić information content (AvgIpc) is 2.98. The molecule has 1 atom stereocenters. The van der Waals surface area contributed by atoms with Crippen molar-refractivity contribution in [3.05, 3.63) is 24.3 Å². The van der Waals surface area contributed by atoms with Gasteiger partial charge in [0.2, 0.25) is 0 Å². The number of piperidine rings is 1. The molecule has 0 radical (unpaired) electrons. The molecule has 3 nitrogen and oxygen atoms in total. The first-order valence-corrected chi connectivity index (χ1v) is 8.93. The van der Waals surface area contributed by atoms with Crippen LogP contribution in [0.2, 0.25) is 0 Å². The first kappa shape index (κ1) is 14.8. The van der Waals surface area contributed by atoms with E-state index in [-0.39, 0.29) is 0 Å². The van der Waals surface area contributed by atoms with Crippen molar-refractivity contribution in [2.45, 2.75) is 38.4 Å². The van der Waals surface area contributed by atoms with Crippen LogP contribution in [-0.2, 0) is 0 Å². The molecule has 2 aliphatic rings. The third-order valence-electron chi connectivity index (χ3n) is 4.26. The van der Waals surface area contributed by atoms with Crippen LogP contribution >= 0.6 is 11.8 Å². The fourth-order valence-electron chi connectivity index (χ4n) is 2.84. The number of hydrogen-bond acceptors (Lipinski definition) is 4. The van der Waals surface area contributed by atoms with E-state index < -0.39 is 0 Å². The number of anilines is 2. The second-order valence-corrected chi connectivity index (χ2v) is 7.49. The van der Waals surface area contributed by atoms with Crippen molar-refractivity contribution < 1.29 is 0 Å². The quantitative estimate of drug-likeness (QED) is 0.906. The zero-order valence-electron chi connectivity index (χ0n) is 13.0. The summed E-state index contributed by atoms with van der Waals surface area (Å²) in [7, 11) is 0. The van der Waals surface area contributed by atoms with Crippen LogP contribution in [0.15, 0.2) is 29.3 Å². The molecular formula is C17H25N3S. The third-order valence-corrected chi connectivity index (χ3v) is 5.71. The van der Waals surface area contributed by atoms with Crippen molar-refractivity contribution in [2.24, 2.45) is 10.9 Å². The molecule has 1 aromatic rings. The second-order valence-electron chi connectivity index (χ2n) is 6.27. The minimum atomic E-state index is 0.625. The molecule has 1 aromatic carbocycles. The van der Waals surface area contributed by atoms with E-state index in [0.717, 1.165) is 17.4 Å². The SMILES string of the molecule is CC(C)C1CN=C(Nc2ccc(N3CCCCC3)cc2)S1. The van der Waals surface area contributed by atoms with Gasteiger partial charge in [-0.25, -0.2) is 0 Å². The lowest BCUT2D eigenvalue weighted by molar-refractivity contribution is 0.578. The summed E-state index contributed by atoms with van der Waals surface area (Å²) < 4.78 is 0. The van der Waals surface area contributed by atoms with Crippen molar-refractivity contribution in [3.8, 4) is 0 Å². The Hall–Kier alpha value is -1.16. The topological polar surface area (TPSA) is 27.6 Å². The van der Waals surface area contributed by atoms with Crippen molar-refractivity contribution >= 4 is 28.3 Å². The van der Waals surface area contributed by atoms with E-state index >= 15 is 0 Å². The second kappa shape index (κ2) is 6.73. The zero-order chi connectivity index (χ0) is 14.7. The van der Waals surface area contributed by atoms with Crippen LogP contribution < -0.4 is 10.2 Å². The summed E-state index contributed by atoms with van der Waals surface area (Å²) in [5.41, 5.74) is 2.49. The van der Waals surface area contributed by atoms with E-state index in [0.29, 0.717) is 11.2 Å². The minimum absolute atomic E-state index is 0.625. The number of rotatable bonds is 3. The highest BCUT2D eigenvalue weighted by atomic mass is 32.2. The van der Waals surface area contributed by atoms with Crippen LogP contribution in [0.1, 0.15) is 33.1 Å². The van der Waals surface area contributed by atoms with Crippen LogP contribution in [0.25, 0.3) is 0 Å². The molecule has 4 heteroatoms. The standard InChI is InChI=1S/C17H25N3S/c1-13(2)16-12-18-17(21-16)19-14-6-8-15(9-7-14)20-10-4-3-5-11-20/h6-9,13,16H,3-5,10-12H2,1-2H3,(H,18,19). The summed E-state index contributed by atoms with van der Waals surface area (Å²) >= 11 is 1.87. The van der Waals surface area contributed by atoms with Gasteiger partial charge in [-0.15, -0.1) is 0 Å². The molecule has 1 unspecified atom stereocenters. The van der Waals surface area contributed by atoms with Gasteiger partial charge in [0.1, 0.15) is 0 Å². The van der Waals surface area contributed by atoms with Gasteiger partial charge in [0.15, 0.2) is 5.17 Å². The monoisotopic (exact) mass is 303 g/mol. The van der Waals surface area contributed by atoms with Gasteiger partial charge in [-0.1, -0.05) is 25.6 Å². The Morgan fingerprint density at radius 3 is 2.48 bits per heavy atom. The third kappa shape index (κ3) is 3.73. The number of hydrogen-bond donors (Lipinski definition) is 1. The highest BCUT2D eigenvalue weighted by Crippen LogP contribution is 2.28. The molecular weight excluding hydrogens is 278 g/mol. The first-order valence-electron chi connectivity index (χ1n) is 8.05. The maximum atomic E-state index is 4.60. The van der Waals surface area contributed by atoms with E-state index in [1.54, 1.807) is 0 Å². The maximum absolute atomic E-state index is 4.60. The van der Waals surface area contributed by atoms with Crippen molar-refractivity contribution in [1.29, 1.82) is 0 Å². The van der Waals surface area contributed by atoms with Gasteiger partial charge in [-0.3, -0.25) is 4.99 Å². The molecule has 1 N–H and O–H groups in total. The Morgan fingerprint density at radius 1 is 1.14 bits per heavy atom. The summed E-state index contributed by atoms with van der Waals surface area (Å²) in [5, 5.41) is 5.14. The van der Waals surface area contributed by atoms with Gasteiger partial charge in [-0.05, 0) is 49.4 Å². The Kier molecular flexibility index (Phi) is 4.73. The van der Waals surface area contributed by atoms with Crippen LogP contribution in [0.3, 0.4) is 0 Å². The molecule has 1 fully saturated rings. The van der Waals surface area contributed by atoms with E-state index in [9.17, 15) is 0 Å². The van der Waals surface area contributed by atoms with Gasteiger partial charge in [0, 0.05) is 29.7 Å². The minimum Gasteiger partial charge on any atom is -0.372 e. The van der Waals surface area contributed by atoms with Gasteiger partial charge in [0.25, 0.3) is 0 Å². The first-order chi connectivity index (χ1) is 10.2. The fraction of sp³-hybridized carbons (Fsp3) is 0.588. The molecule has 0 saturated carbocycles. The van der Waals surface area contributed by atoms with E-state index in [1.807, 2.05) is 11.8 Å². The number of nitrogens with one attached hydrogen (secondary N) is 1. The van der Waals surface area contributed by atoms with Gasteiger partial charge in [0.05, 0.1) is 6.54 Å². The lowest BCUT2D eigenvalue weighted by Crippen LogP contribution is -2.29. The summed E-state index contributed by atoms with van der Waals surface area (Å²) in [6.07, 6.45) is 4.03. The Morgan fingerprint density at radius 2 is 1.86 bits per heavy atom. The molecule has 3 rings (SSSR count). The number of aliphatic imine (C=N–C) groups is 1. The lowest BCUT2D eigenvalue weighted by atomic mass is 10.1. The number of nitrogens with zero attached hydrogens (tertiary/aromatic N) is 2. The van der Waals surface area contributed by atoms with Crippen molar-refractivity contribution in [3.63, 3.8) is 0 Å². The van der Waals surface area contributed by atoms with E-state index in [1.165, 1.54) is 38.0 Å². The van der Waals surface area contributed by atoms with Gasteiger partial charge in [-0.2, -0.15) is 0 Å². The Bertz CT molecular complexity index is 489. The largest absolute Gasteiger partial charge is 0.372 e. The molecule has 2 heterocycles. The molecule has 0 aromatic heterocycles. The lowest BCUT2D eigenvalue weighted by Gasteiger charge is -2.28. The van der Waals surface area contributed by atoms with Crippen molar-refractivity contribution in [2.75, 3.05) is 29.9 Å². The summed E-state index contributed by atoms with van der Waals surface area (Å²) in [6, 6.07) is 8.81. The van der Waals surface area contributed by atoms with Gasteiger partial charge >= 0.3 is 0 Å². The number of benzene rings is 1. The Labute approximate surface area is 132 Å². The normalized spacial score (nSPS) is 22.5. The van der Waals surface area contributed by atoms with Crippen LogP contribution in [-0.4, -0.2) is 30.1 Å². The van der Waals surface area contributed by atoms with Crippen LogP contribution in [0.5, 0.6) is 0 Å². The van der Waals surface area contributed by atoms with Crippen LogP contribution in [0, 0.1) is 5.92 Å². The predicted molar refractivity (Wildman–Crippen MR) is 94.6 cm³/mol. The highest BCUT2D eigenvalue weighted by Gasteiger charge is 2.22. The number of thioether (sulfide) groups is 1. The molecule has 0 bridgehead atoms. The number of amidine groups is 1. The summed E-state index contributed by atoms with van der Waals surface area (Å²) in [6.45, 7) is 7.88. The summed E-state index contributed by atoms with van der Waals surface area (Å²) in [5.74, 6) is 0.680.